The average molecular weight is 174 g/mol. The van der Waals surface area contributed by atoms with Crippen LogP contribution in [0.4, 0.5) is 0 Å². The summed E-state index contributed by atoms with van der Waals surface area (Å²) in [6, 6.07) is 9.75. The van der Waals surface area contributed by atoms with Gasteiger partial charge in [-0.05, 0) is 24.3 Å². The molecular formula is C12H14O. The van der Waals surface area contributed by atoms with Crippen molar-refractivity contribution in [3.8, 4) is 0 Å². The van der Waals surface area contributed by atoms with Gasteiger partial charge in [0, 0.05) is 0 Å². The van der Waals surface area contributed by atoms with Crippen molar-refractivity contribution in [2.45, 2.75) is 18.9 Å². The zero-order valence-electron chi connectivity index (χ0n) is 7.56. The van der Waals surface area contributed by atoms with Gasteiger partial charge in [0.2, 0.25) is 0 Å². The van der Waals surface area contributed by atoms with E-state index in [4.69, 9.17) is 0 Å². The SMILES string of the molecule is O[C@H](/C=C/C1CC1)c1ccccc1. The molecule has 0 heterocycles. The summed E-state index contributed by atoms with van der Waals surface area (Å²) >= 11 is 0. The van der Waals surface area contributed by atoms with Crippen LogP contribution in [0.25, 0.3) is 0 Å². The van der Waals surface area contributed by atoms with E-state index in [0.29, 0.717) is 0 Å². The summed E-state index contributed by atoms with van der Waals surface area (Å²) in [5.74, 6) is 0.735. The molecule has 1 fully saturated rings. The van der Waals surface area contributed by atoms with Crippen LogP contribution in [0.3, 0.4) is 0 Å². The Morgan fingerprint density at radius 3 is 2.54 bits per heavy atom. The van der Waals surface area contributed by atoms with Crippen molar-refractivity contribution in [3.05, 3.63) is 48.0 Å². The second kappa shape index (κ2) is 3.75. The molecule has 1 aliphatic carbocycles. The molecule has 2 rings (SSSR count). The lowest BCUT2D eigenvalue weighted by molar-refractivity contribution is 0.228. The van der Waals surface area contributed by atoms with Gasteiger partial charge in [0.1, 0.15) is 0 Å². The number of benzene rings is 1. The molecule has 0 spiro atoms. The molecule has 1 heteroatoms. The topological polar surface area (TPSA) is 20.2 Å². The van der Waals surface area contributed by atoms with Gasteiger partial charge in [-0.3, -0.25) is 0 Å². The minimum Gasteiger partial charge on any atom is -0.384 e. The highest BCUT2D eigenvalue weighted by molar-refractivity contribution is 5.21. The second-order valence-electron chi connectivity index (χ2n) is 3.58. The Labute approximate surface area is 78.7 Å². The third-order valence-corrected chi connectivity index (χ3v) is 2.33. The van der Waals surface area contributed by atoms with Crippen LogP contribution in [-0.2, 0) is 0 Å². The number of rotatable bonds is 3. The standard InChI is InChI=1S/C12H14O/c13-12(9-8-10-6-7-10)11-4-2-1-3-5-11/h1-5,8-10,12-13H,6-7H2/b9-8+/t12-/m1/s1. The fourth-order valence-electron chi connectivity index (χ4n) is 1.31. The highest BCUT2D eigenvalue weighted by Gasteiger charge is 2.17. The van der Waals surface area contributed by atoms with Crippen molar-refractivity contribution >= 4 is 0 Å². The lowest BCUT2D eigenvalue weighted by Gasteiger charge is -2.04. The van der Waals surface area contributed by atoms with Gasteiger partial charge >= 0.3 is 0 Å². The third kappa shape index (κ3) is 2.43. The van der Waals surface area contributed by atoms with Crippen LogP contribution in [-0.4, -0.2) is 5.11 Å². The van der Waals surface area contributed by atoms with Crippen LogP contribution in [0.15, 0.2) is 42.5 Å². The van der Waals surface area contributed by atoms with Crippen molar-refractivity contribution in [1.82, 2.24) is 0 Å². The quantitative estimate of drug-likeness (QED) is 0.698. The average Bonchev–Trinajstić information content (AvgIpc) is 2.99. The van der Waals surface area contributed by atoms with E-state index in [-0.39, 0.29) is 0 Å². The molecule has 0 saturated heterocycles. The van der Waals surface area contributed by atoms with Crippen LogP contribution < -0.4 is 0 Å². The van der Waals surface area contributed by atoms with Crippen molar-refractivity contribution in [3.63, 3.8) is 0 Å². The van der Waals surface area contributed by atoms with Crippen LogP contribution in [0.2, 0.25) is 0 Å². The van der Waals surface area contributed by atoms with Crippen LogP contribution >= 0.6 is 0 Å². The van der Waals surface area contributed by atoms with Crippen molar-refractivity contribution < 1.29 is 5.11 Å². The Morgan fingerprint density at radius 2 is 1.92 bits per heavy atom. The maximum atomic E-state index is 9.71. The molecule has 1 aliphatic rings. The summed E-state index contributed by atoms with van der Waals surface area (Å²) in [5, 5.41) is 9.71. The predicted molar refractivity (Wildman–Crippen MR) is 53.3 cm³/mol. The minimum atomic E-state index is -0.429. The van der Waals surface area contributed by atoms with Gasteiger partial charge in [0.15, 0.2) is 0 Å². The third-order valence-electron chi connectivity index (χ3n) is 2.33. The van der Waals surface area contributed by atoms with Gasteiger partial charge in [-0.15, -0.1) is 0 Å². The molecule has 0 amide bonds. The lowest BCUT2D eigenvalue weighted by atomic mass is 10.1. The predicted octanol–water partition coefficient (Wildman–Crippen LogP) is 2.69. The molecular weight excluding hydrogens is 160 g/mol. The molecule has 0 aromatic heterocycles. The van der Waals surface area contributed by atoms with Gasteiger partial charge in [0.05, 0.1) is 6.10 Å². The molecule has 0 aliphatic heterocycles. The monoisotopic (exact) mass is 174 g/mol. The van der Waals surface area contributed by atoms with Crippen LogP contribution in [0.1, 0.15) is 24.5 Å². The molecule has 1 saturated carbocycles. The fourth-order valence-corrected chi connectivity index (χ4v) is 1.31. The minimum absolute atomic E-state index is 0.429. The van der Waals surface area contributed by atoms with E-state index in [1.165, 1.54) is 12.8 Å². The smallest absolute Gasteiger partial charge is 0.0971 e. The summed E-state index contributed by atoms with van der Waals surface area (Å²) < 4.78 is 0. The number of aliphatic hydroxyl groups is 1. The van der Waals surface area contributed by atoms with Gasteiger partial charge < -0.3 is 5.11 Å². The number of hydrogen-bond donors (Lipinski definition) is 1. The summed E-state index contributed by atoms with van der Waals surface area (Å²) in [6.45, 7) is 0. The maximum Gasteiger partial charge on any atom is 0.0971 e. The Hall–Kier alpha value is -1.08. The van der Waals surface area contributed by atoms with Crippen molar-refractivity contribution in [2.75, 3.05) is 0 Å². The molecule has 1 N–H and O–H groups in total. The van der Waals surface area contributed by atoms with Gasteiger partial charge in [-0.2, -0.15) is 0 Å². The Balaban J connectivity index is 1.99. The Kier molecular flexibility index (Phi) is 2.46. The van der Waals surface area contributed by atoms with E-state index in [0.717, 1.165) is 11.5 Å². The first-order valence-electron chi connectivity index (χ1n) is 4.77. The largest absolute Gasteiger partial charge is 0.384 e. The van der Waals surface area contributed by atoms with E-state index in [9.17, 15) is 5.11 Å². The van der Waals surface area contributed by atoms with Gasteiger partial charge in [0.25, 0.3) is 0 Å². The molecule has 1 aromatic rings. The molecule has 1 atom stereocenters. The summed E-state index contributed by atoms with van der Waals surface area (Å²) in [7, 11) is 0. The molecule has 1 aromatic carbocycles. The summed E-state index contributed by atoms with van der Waals surface area (Å²) in [4.78, 5) is 0. The van der Waals surface area contributed by atoms with Gasteiger partial charge in [-0.1, -0.05) is 42.5 Å². The van der Waals surface area contributed by atoms with Crippen LogP contribution in [0, 0.1) is 5.92 Å². The molecule has 0 bridgehead atoms. The first kappa shape index (κ1) is 8.52. The van der Waals surface area contributed by atoms with Crippen LogP contribution in [0.5, 0.6) is 0 Å². The summed E-state index contributed by atoms with van der Waals surface area (Å²) in [5.41, 5.74) is 0.972. The first-order chi connectivity index (χ1) is 6.36. The van der Waals surface area contributed by atoms with E-state index in [1.54, 1.807) is 0 Å². The van der Waals surface area contributed by atoms with Gasteiger partial charge in [-0.25, -0.2) is 0 Å². The number of hydrogen-bond acceptors (Lipinski definition) is 1. The highest BCUT2D eigenvalue weighted by Crippen LogP contribution is 2.31. The number of aliphatic hydroxyl groups excluding tert-OH is 1. The molecule has 68 valence electrons. The molecule has 1 nitrogen and oxygen atoms in total. The van der Waals surface area contributed by atoms with E-state index in [1.807, 2.05) is 36.4 Å². The second-order valence-corrected chi connectivity index (χ2v) is 3.58. The maximum absolute atomic E-state index is 9.71. The highest BCUT2D eigenvalue weighted by atomic mass is 16.3. The normalized spacial score (nSPS) is 19.2. The van der Waals surface area contributed by atoms with Crippen molar-refractivity contribution in [2.24, 2.45) is 5.92 Å². The zero-order chi connectivity index (χ0) is 9.10. The van der Waals surface area contributed by atoms with E-state index >= 15 is 0 Å². The Bertz CT molecular complexity index is 285. The van der Waals surface area contributed by atoms with Crippen molar-refractivity contribution in [1.29, 1.82) is 0 Å². The summed E-state index contributed by atoms with van der Waals surface area (Å²) in [6.07, 6.45) is 6.17. The number of allylic oxidation sites excluding steroid dienone is 1. The molecule has 0 radical (unpaired) electrons. The van der Waals surface area contributed by atoms with E-state index in [2.05, 4.69) is 6.08 Å². The molecule has 13 heavy (non-hydrogen) atoms. The van der Waals surface area contributed by atoms with E-state index < -0.39 is 6.10 Å². The molecule has 0 unspecified atom stereocenters. The fraction of sp³-hybridized carbons (Fsp3) is 0.333. The first-order valence-corrected chi connectivity index (χ1v) is 4.77. The zero-order valence-corrected chi connectivity index (χ0v) is 7.56. The lowest BCUT2D eigenvalue weighted by Crippen LogP contribution is -1.91. The Morgan fingerprint density at radius 1 is 1.23 bits per heavy atom.